The lowest BCUT2D eigenvalue weighted by atomic mass is 10.0. The van der Waals surface area contributed by atoms with E-state index in [0.29, 0.717) is 28.1 Å². The maximum absolute atomic E-state index is 13.4. The van der Waals surface area contributed by atoms with E-state index in [0.717, 1.165) is 31.2 Å². The Balaban J connectivity index is 1.76. The van der Waals surface area contributed by atoms with Crippen molar-refractivity contribution < 1.29 is 14.3 Å². The van der Waals surface area contributed by atoms with Gasteiger partial charge in [-0.05, 0) is 60.6 Å². The van der Waals surface area contributed by atoms with Gasteiger partial charge < -0.3 is 15.0 Å². The van der Waals surface area contributed by atoms with Crippen LogP contribution in [-0.4, -0.2) is 35.4 Å². The van der Waals surface area contributed by atoms with Gasteiger partial charge in [0.25, 0.3) is 5.91 Å². The van der Waals surface area contributed by atoms with E-state index in [2.05, 4.69) is 19.2 Å². The van der Waals surface area contributed by atoms with Crippen molar-refractivity contribution in [3.8, 4) is 5.75 Å². The van der Waals surface area contributed by atoms with Crippen LogP contribution >= 0.6 is 23.2 Å². The molecule has 3 rings (SSSR count). The minimum atomic E-state index is -0.602. The summed E-state index contributed by atoms with van der Waals surface area (Å²) in [6.07, 6.45) is 4.71. The molecule has 2 aromatic rings. The van der Waals surface area contributed by atoms with Crippen LogP contribution in [0.3, 0.4) is 0 Å². The lowest BCUT2D eigenvalue weighted by Crippen LogP contribution is -2.52. The quantitative estimate of drug-likeness (QED) is 0.409. The first-order chi connectivity index (χ1) is 16.3. The van der Waals surface area contributed by atoms with E-state index in [1.165, 1.54) is 5.56 Å². The van der Waals surface area contributed by atoms with Crippen LogP contribution in [0.2, 0.25) is 10.0 Å². The molecule has 0 bridgehead atoms. The Morgan fingerprint density at radius 2 is 1.74 bits per heavy atom. The Labute approximate surface area is 212 Å². The Morgan fingerprint density at radius 3 is 2.32 bits per heavy atom. The smallest absolute Gasteiger partial charge is 0.261 e. The largest absolute Gasteiger partial charge is 0.484 e. The van der Waals surface area contributed by atoms with Crippen LogP contribution < -0.4 is 10.1 Å². The van der Waals surface area contributed by atoms with E-state index < -0.39 is 6.04 Å². The number of nitrogens with one attached hydrogen (secondary N) is 1. The first-order valence-corrected chi connectivity index (χ1v) is 12.8. The molecule has 0 aromatic heterocycles. The monoisotopic (exact) mass is 504 g/mol. The maximum atomic E-state index is 13.4. The number of hydrogen-bond acceptors (Lipinski definition) is 3. The van der Waals surface area contributed by atoms with Crippen molar-refractivity contribution in [2.45, 2.75) is 77.4 Å². The Kier molecular flexibility index (Phi) is 9.66. The van der Waals surface area contributed by atoms with E-state index >= 15 is 0 Å². The first kappa shape index (κ1) is 26.4. The van der Waals surface area contributed by atoms with Crippen LogP contribution in [0.4, 0.5) is 0 Å². The van der Waals surface area contributed by atoms with Gasteiger partial charge >= 0.3 is 0 Å². The predicted octanol–water partition coefficient (Wildman–Crippen LogP) is 6.36. The second-order valence-electron chi connectivity index (χ2n) is 9.20. The van der Waals surface area contributed by atoms with E-state index in [4.69, 9.17) is 27.9 Å². The number of carbonyl (C=O) groups is 2. The molecular weight excluding hydrogens is 471 g/mol. The molecule has 1 aliphatic rings. The topological polar surface area (TPSA) is 58.6 Å². The summed E-state index contributed by atoms with van der Waals surface area (Å²) >= 11 is 12.3. The molecule has 1 saturated carbocycles. The SMILES string of the molecule is CCC(C(=O)NC1CCCC1)N(Cc1ccc(Cl)c(Cl)c1)C(=O)COc1ccc(C(C)C)cc1. The number of carbonyl (C=O) groups excluding carboxylic acids is 2. The van der Waals surface area contributed by atoms with Crippen LogP contribution in [-0.2, 0) is 16.1 Å². The number of hydrogen-bond donors (Lipinski definition) is 1. The number of ether oxygens (including phenoxy) is 1. The summed E-state index contributed by atoms with van der Waals surface area (Å²) in [6, 6.07) is 12.6. The van der Waals surface area contributed by atoms with Crippen molar-refractivity contribution in [3.63, 3.8) is 0 Å². The molecule has 1 aliphatic carbocycles. The minimum absolute atomic E-state index is 0.121. The lowest BCUT2D eigenvalue weighted by Gasteiger charge is -2.31. The van der Waals surface area contributed by atoms with Gasteiger partial charge in [-0.25, -0.2) is 0 Å². The summed E-state index contributed by atoms with van der Waals surface area (Å²) in [6.45, 7) is 6.25. The highest BCUT2D eigenvalue weighted by Crippen LogP contribution is 2.25. The Bertz CT molecular complexity index is 972. The fraction of sp³-hybridized carbons (Fsp3) is 0.481. The molecule has 1 unspecified atom stereocenters. The van der Waals surface area contributed by atoms with Crippen LogP contribution in [0, 0.1) is 0 Å². The normalized spacial score (nSPS) is 14.8. The molecule has 2 aromatic carbocycles. The summed E-state index contributed by atoms with van der Waals surface area (Å²) in [4.78, 5) is 28.1. The van der Waals surface area contributed by atoms with Crippen molar-refractivity contribution >= 4 is 35.0 Å². The number of rotatable bonds is 10. The highest BCUT2D eigenvalue weighted by Gasteiger charge is 2.31. The maximum Gasteiger partial charge on any atom is 0.261 e. The molecule has 34 heavy (non-hydrogen) atoms. The number of nitrogens with zero attached hydrogens (tertiary/aromatic N) is 1. The minimum Gasteiger partial charge on any atom is -0.484 e. The van der Waals surface area contributed by atoms with Crippen molar-refractivity contribution in [3.05, 3.63) is 63.6 Å². The van der Waals surface area contributed by atoms with E-state index in [-0.39, 0.29) is 31.0 Å². The third-order valence-corrected chi connectivity index (χ3v) is 7.07. The Hall–Kier alpha value is -2.24. The van der Waals surface area contributed by atoms with Crippen LogP contribution in [0.25, 0.3) is 0 Å². The third-order valence-electron chi connectivity index (χ3n) is 6.33. The fourth-order valence-electron chi connectivity index (χ4n) is 4.30. The van der Waals surface area contributed by atoms with Gasteiger partial charge in [0.1, 0.15) is 11.8 Å². The average molecular weight is 505 g/mol. The molecule has 1 atom stereocenters. The summed E-state index contributed by atoms with van der Waals surface area (Å²) < 4.78 is 5.80. The van der Waals surface area contributed by atoms with E-state index in [1.54, 1.807) is 17.0 Å². The van der Waals surface area contributed by atoms with Crippen LogP contribution in [0.15, 0.2) is 42.5 Å². The second kappa shape index (κ2) is 12.5. The summed E-state index contributed by atoms with van der Waals surface area (Å²) in [5.74, 6) is 0.660. The zero-order chi connectivity index (χ0) is 24.7. The van der Waals surface area contributed by atoms with Gasteiger partial charge in [0.15, 0.2) is 6.61 Å². The van der Waals surface area contributed by atoms with Gasteiger partial charge in [0, 0.05) is 12.6 Å². The van der Waals surface area contributed by atoms with Gasteiger partial charge in [0.05, 0.1) is 10.0 Å². The van der Waals surface area contributed by atoms with Crippen LogP contribution in [0.1, 0.15) is 69.9 Å². The lowest BCUT2D eigenvalue weighted by molar-refractivity contribution is -0.143. The van der Waals surface area contributed by atoms with Gasteiger partial charge in [0.2, 0.25) is 5.91 Å². The molecule has 0 saturated heterocycles. The van der Waals surface area contributed by atoms with E-state index in [1.807, 2.05) is 37.3 Å². The molecule has 1 N–H and O–H groups in total. The molecule has 7 heteroatoms. The molecule has 1 fully saturated rings. The number of benzene rings is 2. The molecule has 5 nitrogen and oxygen atoms in total. The summed E-state index contributed by atoms with van der Waals surface area (Å²) in [7, 11) is 0. The van der Waals surface area contributed by atoms with Crippen molar-refractivity contribution in [1.82, 2.24) is 10.2 Å². The highest BCUT2D eigenvalue weighted by atomic mass is 35.5. The third kappa shape index (κ3) is 7.13. The molecule has 184 valence electrons. The van der Waals surface area contributed by atoms with Gasteiger partial charge in [-0.1, -0.05) is 75.0 Å². The van der Waals surface area contributed by atoms with Gasteiger partial charge in [-0.2, -0.15) is 0 Å². The molecular formula is C27H34Cl2N2O3. The second-order valence-corrected chi connectivity index (χ2v) is 10.0. The fourth-order valence-corrected chi connectivity index (χ4v) is 4.62. The number of halogens is 2. The van der Waals surface area contributed by atoms with Crippen molar-refractivity contribution in [2.75, 3.05) is 6.61 Å². The van der Waals surface area contributed by atoms with Gasteiger partial charge in [-0.15, -0.1) is 0 Å². The van der Waals surface area contributed by atoms with Gasteiger partial charge in [-0.3, -0.25) is 9.59 Å². The summed E-state index contributed by atoms with van der Waals surface area (Å²) in [5, 5.41) is 4.00. The summed E-state index contributed by atoms with van der Waals surface area (Å²) in [5.41, 5.74) is 2.01. The zero-order valence-corrected chi connectivity index (χ0v) is 21.7. The molecule has 0 radical (unpaired) electrons. The first-order valence-electron chi connectivity index (χ1n) is 12.0. The number of amides is 2. The average Bonchev–Trinajstić information content (AvgIpc) is 3.33. The predicted molar refractivity (Wildman–Crippen MR) is 138 cm³/mol. The molecule has 2 amide bonds. The Morgan fingerprint density at radius 1 is 1.06 bits per heavy atom. The molecule has 0 heterocycles. The van der Waals surface area contributed by atoms with Crippen molar-refractivity contribution in [2.24, 2.45) is 0 Å². The van der Waals surface area contributed by atoms with Crippen molar-refractivity contribution in [1.29, 1.82) is 0 Å². The highest BCUT2D eigenvalue weighted by molar-refractivity contribution is 6.42. The van der Waals surface area contributed by atoms with Crippen LogP contribution in [0.5, 0.6) is 5.75 Å². The molecule has 0 spiro atoms. The zero-order valence-electron chi connectivity index (χ0n) is 20.2. The van der Waals surface area contributed by atoms with E-state index in [9.17, 15) is 9.59 Å². The molecule has 0 aliphatic heterocycles. The standard InChI is InChI=1S/C27H34Cl2N2O3/c1-4-25(27(33)30-21-7-5-6-8-21)31(16-19-9-14-23(28)24(29)15-19)26(32)17-34-22-12-10-20(11-13-22)18(2)3/h9-15,18,21,25H,4-8,16-17H2,1-3H3,(H,30,33).